The predicted octanol–water partition coefficient (Wildman–Crippen LogP) is 3.79. The fourth-order valence-electron chi connectivity index (χ4n) is 4.19. The monoisotopic (exact) mass is 530 g/mol. The zero-order valence-electron chi connectivity index (χ0n) is 20.1. The molecule has 2 aliphatic heterocycles. The van der Waals surface area contributed by atoms with Crippen LogP contribution in [0.25, 0.3) is 10.9 Å². The average molecular weight is 531 g/mol. The molecule has 196 valence electrons. The number of halogens is 2. The molecule has 3 N–H and O–H groups in total. The fraction of sp³-hybridized carbons (Fsp3) is 0.400. The van der Waals surface area contributed by atoms with Crippen molar-refractivity contribution < 1.29 is 23.4 Å². The van der Waals surface area contributed by atoms with Crippen molar-refractivity contribution >= 4 is 45.7 Å². The van der Waals surface area contributed by atoms with Gasteiger partial charge in [-0.3, -0.25) is 4.90 Å². The molecule has 3 heterocycles. The molecule has 2 aromatic carbocycles. The number of fused-ring (bicyclic) bond motifs is 1. The summed E-state index contributed by atoms with van der Waals surface area (Å²) in [6.07, 6.45) is 2.05. The molecule has 3 aromatic rings. The Kier molecular flexibility index (Phi) is 8.15. The third-order valence-corrected chi connectivity index (χ3v) is 6.46. The number of urea groups is 1. The van der Waals surface area contributed by atoms with Gasteiger partial charge in [-0.1, -0.05) is 11.6 Å². The largest absolute Gasteiger partial charge is 0.486 e. The Morgan fingerprint density at radius 1 is 1.16 bits per heavy atom. The van der Waals surface area contributed by atoms with Gasteiger partial charge in [0.2, 0.25) is 0 Å². The second-order valence-electron chi connectivity index (χ2n) is 8.78. The van der Waals surface area contributed by atoms with Gasteiger partial charge in [0.05, 0.1) is 42.7 Å². The molecule has 0 spiro atoms. The number of morpholine rings is 1. The summed E-state index contributed by atoms with van der Waals surface area (Å²) < 4.78 is 30.6. The van der Waals surface area contributed by atoms with E-state index in [4.69, 9.17) is 25.8 Å². The third kappa shape index (κ3) is 6.55. The number of anilines is 3. The van der Waals surface area contributed by atoms with Gasteiger partial charge in [0.1, 0.15) is 29.8 Å². The maximum atomic E-state index is 13.6. The molecule has 0 saturated carbocycles. The molecular formula is C25H28ClFN6O4. The summed E-state index contributed by atoms with van der Waals surface area (Å²) >= 11 is 5.94. The summed E-state index contributed by atoms with van der Waals surface area (Å²) in [6, 6.07) is 7.49. The molecular weight excluding hydrogens is 503 g/mol. The SMILES string of the molecule is O=C(NCCN1CCOCC1)Nc1cc2c(Nc3ccc(F)c(Cl)c3)ncnc2cc1O[C@H]1CCOC1. The first kappa shape index (κ1) is 25.4. The molecule has 1 aromatic heterocycles. The van der Waals surface area contributed by atoms with Gasteiger partial charge in [-0.15, -0.1) is 0 Å². The molecule has 0 unspecified atom stereocenters. The quantitative estimate of drug-likeness (QED) is 0.403. The van der Waals surface area contributed by atoms with E-state index in [9.17, 15) is 9.18 Å². The number of benzene rings is 2. The smallest absolute Gasteiger partial charge is 0.319 e. The van der Waals surface area contributed by atoms with Crippen molar-refractivity contribution in [3.05, 3.63) is 47.5 Å². The van der Waals surface area contributed by atoms with Crippen LogP contribution in [0, 0.1) is 5.82 Å². The number of hydrogen-bond donors (Lipinski definition) is 3. The van der Waals surface area contributed by atoms with Crippen molar-refractivity contribution in [3.8, 4) is 5.75 Å². The molecule has 0 radical (unpaired) electrons. The molecule has 5 rings (SSSR count). The van der Waals surface area contributed by atoms with Crippen LogP contribution in [0.1, 0.15) is 6.42 Å². The van der Waals surface area contributed by atoms with Crippen LogP contribution in [0.4, 0.5) is 26.4 Å². The van der Waals surface area contributed by atoms with Crippen molar-refractivity contribution in [2.75, 3.05) is 63.2 Å². The molecule has 2 amide bonds. The number of carbonyl (C=O) groups excluding carboxylic acids is 1. The lowest BCUT2D eigenvalue weighted by Gasteiger charge is -2.26. The minimum absolute atomic E-state index is 0.00561. The highest BCUT2D eigenvalue weighted by atomic mass is 35.5. The lowest BCUT2D eigenvalue weighted by Crippen LogP contribution is -2.42. The molecule has 2 fully saturated rings. The molecule has 2 saturated heterocycles. The van der Waals surface area contributed by atoms with Crippen LogP contribution in [0.3, 0.4) is 0 Å². The van der Waals surface area contributed by atoms with Crippen LogP contribution in [0.15, 0.2) is 36.7 Å². The van der Waals surface area contributed by atoms with E-state index in [1.807, 2.05) is 0 Å². The normalized spacial score (nSPS) is 18.1. The minimum atomic E-state index is -0.511. The van der Waals surface area contributed by atoms with E-state index in [-0.39, 0.29) is 17.2 Å². The number of carbonyl (C=O) groups is 1. The van der Waals surface area contributed by atoms with Gasteiger partial charge in [-0.2, -0.15) is 0 Å². The number of nitrogens with zero attached hydrogens (tertiary/aromatic N) is 3. The summed E-state index contributed by atoms with van der Waals surface area (Å²) in [5.41, 5.74) is 1.64. The van der Waals surface area contributed by atoms with Gasteiger partial charge in [-0.25, -0.2) is 19.2 Å². The topological polar surface area (TPSA) is 110 Å². The van der Waals surface area contributed by atoms with E-state index >= 15 is 0 Å². The molecule has 0 aliphatic carbocycles. The van der Waals surface area contributed by atoms with Gasteiger partial charge in [0, 0.05) is 49.7 Å². The lowest BCUT2D eigenvalue weighted by molar-refractivity contribution is 0.0388. The van der Waals surface area contributed by atoms with Crippen LogP contribution in [0.5, 0.6) is 5.75 Å². The molecule has 2 aliphatic rings. The summed E-state index contributed by atoms with van der Waals surface area (Å²) in [4.78, 5) is 23.7. The van der Waals surface area contributed by atoms with Crippen LogP contribution in [-0.4, -0.2) is 79.6 Å². The standard InChI is InChI=1S/C25H28ClFN6O4/c26-19-11-16(1-2-20(19)27)31-24-18-12-22(32-25(34)28-4-5-33-6-9-35-10-7-33)23(13-21(18)29-15-30-24)37-17-3-8-36-14-17/h1-2,11-13,15,17H,3-10,14H2,(H2,28,32,34)(H,29,30,31)/t17-/m0/s1. The van der Waals surface area contributed by atoms with E-state index in [0.717, 1.165) is 26.1 Å². The number of nitrogens with one attached hydrogen (secondary N) is 3. The van der Waals surface area contributed by atoms with Crippen molar-refractivity contribution in [3.63, 3.8) is 0 Å². The lowest BCUT2D eigenvalue weighted by atomic mass is 10.1. The van der Waals surface area contributed by atoms with Crippen molar-refractivity contribution in [1.82, 2.24) is 20.2 Å². The Morgan fingerprint density at radius 3 is 2.81 bits per heavy atom. The maximum Gasteiger partial charge on any atom is 0.319 e. The molecule has 12 heteroatoms. The zero-order chi connectivity index (χ0) is 25.6. The van der Waals surface area contributed by atoms with Gasteiger partial charge in [0.25, 0.3) is 0 Å². The van der Waals surface area contributed by atoms with Crippen LogP contribution in [0.2, 0.25) is 5.02 Å². The van der Waals surface area contributed by atoms with E-state index in [2.05, 4.69) is 30.8 Å². The number of amides is 2. The van der Waals surface area contributed by atoms with Crippen molar-refractivity contribution in [2.24, 2.45) is 0 Å². The Hall–Kier alpha value is -3.25. The summed E-state index contributed by atoms with van der Waals surface area (Å²) in [6.45, 7) is 5.45. The number of rotatable bonds is 8. The molecule has 1 atom stereocenters. The minimum Gasteiger partial charge on any atom is -0.486 e. The summed E-state index contributed by atoms with van der Waals surface area (Å²) in [5.74, 6) is 0.448. The Labute approximate surface area is 218 Å². The molecule has 10 nitrogen and oxygen atoms in total. The van der Waals surface area contributed by atoms with E-state index in [1.54, 1.807) is 18.2 Å². The van der Waals surface area contributed by atoms with E-state index in [1.165, 1.54) is 18.5 Å². The van der Waals surface area contributed by atoms with Crippen molar-refractivity contribution in [2.45, 2.75) is 12.5 Å². The van der Waals surface area contributed by atoms with Crippen molar-refractivity contribution in [1.29, 1.82) is 0 Å². The van der Waals surface area contributed by atoms with Crippen LogP contribution in [-0.2, 0) is 9.47 Å². The van der Waals surface area contributed by atoms with Crippen LogP contribution >= 0.6 is 11.6 Å². The Morgan fingerprint density at radius 2 is 2.03 bits per heavy atom. The van der Waals surface area contributed by atoms with Gasteiger partial charge in [-0.05, 0) is 24.3 Å². The maximum absolute atomic E-state index is 13.6. The van der Waals surface area contributed by atoms with E-state index < -0.39 is 5.82 Å². The summed E-state index contributed by atoms with van der Waals surface area (Å²) in [7, 11) is 0. The number of ether oxygens (including phenoxy) is 3. The average Bonchev–Trinajstić information content (AvgIpc) is 3.41. The molecule has 37 heavy (non-hydrogen) atoms. The highest BCUT2D eigenvalue weighted by Gasteiger charge is 2.21. The summed E-state index contributed by atoms with van der Waals surface area (Å²) in [5, 5.41) is 9.60. The third-order valence-electron chi connectivity index (χ3n) is 6.17. The highest BCUT2D eigenvalue weighted by Crippen LogP contribution is 2.35. The van der Waals surface area contributed by atoms with Gasteiger partial charge < -0.3 is 30.2 Å². The highest BCUT2D eigenvalue weighted by molar-refractivity contribution is 6.31. The first-order chi connectivity index (χ1) is 18.0. The Bertz CT molecular complexity index is 1250. The van der Waals surface area contributed by atoms with Crippen LogP contribution < -0.4 is 20.7 Å². The Balaban J connectivity index is 1.37. The first-order valence-electron chi connectivity index (χ1n) is 12.2. The van der Waals surface area contributed by atoms with Gasteiger partial charge in [0.15, 0.2) is 0 Å². The first-order valence-corrected chi connectivity index (χ1v) is 12.5. The zero-order valence-corrected chi connectivity index (χ0v) is 20.9. The van der Waals surface area contributed by atoms with Gasteiger partial charge >= 0.3 is 6.03 Å². The number of aromatic nitrogens is 2. The predicted molar refractivity (Wildman–Crippen MR) is 138 cm³/mol. The fourth-order valence-corrected chi connectivity index (χ4v) is 4.37. The number of hydrogen-bond acceptors (Lipinski definition) is 8. The second-order valence-corrected chi connectivity index (χ2v) is 9.19. The van der Waals surface area contributed by atoms with E-state index in [0.29, 0.717) is 66.8 Å². The second kappa shape index (κ2) is 11.9. The molecule has 0 bridgehead atoms.